The molecule has 0 aliphatic rings. The van der Waals surface area contributed by atoms with Crippen molar-refractivity contribution in [2.24, 2.45) is 0 Å². The molecule has 25 heavy (non-hydrogen) atoms. The average molecular weight is 384 g/mol. The third-order valence-electron chi connectivity index (χ3n) is 3.10. The number of carbonyl (C=O) groups excluding carboxylic acids is 1. The van der Waals surface area contributed by atoms with Gasteiger partial charge in [0.25, 0.3) is 5.91 Å². The first kappa shape index (κ1) is 19.4. The lowest BCUT2D eigenvalue weighted by Crippen LogP contribution is -2.20. The van der Waals surface area contributed by atoms with E-state index in [9.17, 15) is 4.79 Å². The molecule has 0 fully saturated rings. The van der Waals surface area contributed by atoms with E-state index in [0.717, 1.165) is 0 Å². The lowest BCUT2D eigenvalue weighted by atomic mass is 10.3. The number of rotatable bonds is 9. The molecular formula is C18H19Cl2NO4. The summed E-state index contributed by atoms with van der Waals surface area (Å²) in [5.41, 5.74) is 0.557. The van der Waals surface area contributed by atoms with Crippen LogP contribution in [0.5, 0.6) is 11.5 Å². The molecule has 0 heterocycles. The molecule has 2 aromatic carbocycles. The summed E-state index contributed by atoms with van der Waals surface area (Å²) in [4.78, 5) is 11.9. The van der Waals surface area contributed by atoms with Crippen LogP contribution in [0.25, 0.3) is 0 Å². The van der Waals surface area contributed by atoms with E-state index in [1.54, 1.807) is 42.5 Å². The molecule has 0 saturated heterocycles. The third-order valence-corrected chi connectivity index (χ3v) is 3.84. The van der Waals surface area contributed by atoms with E-state index in [1.807, 2.05) is 6.92 Å². The number of anilines is 1. The van der Waals surface area contributed by atoms with Crippen LogP contribution in [0.4, 0.5) is 5.69 Å². The van der Waals surface area contributed by atoms with Gasteiger partial charge in [0.15, 0.2) is 6.61 Å². The minimum absolute atomic E-state index is 0.120. The van der Waals surface area contributed by atoms with Crippen LogP contribution in [-0.4, -0.2) is 32.3 Å². The molecule has 1 N–H and O–H groups in total. The van der Waals surface area contributed by atoms with Crippen molar-refractivity contribution >= 4 is 34.8 Å². The van der Waals surface area contributed by atoms with Gasteiger partial charge < -0.3 is 19.5 Å². The fraction of sp³-hybridized carbons (Fsp3) is 0.278. The number of ether oxygens (including phenoxy) is 3. The number of amides is 1. The molecule has 1 amide bonds. The van der Waals surface area contributed by atoms with Crippen molar-refractivity contribution in [1.29, 1.82) is 0 Å². The number of hydrogen-bond acceptors (Lipinski definition) is 4. The highest BCUT2D eigenvalue weighted by Gasteiger charge is 2.06. The number of benzene rings is 2. The normalized spacial score (nSPS) is 10.4. The largest absolute Gasteiger partial charge is 0.491 e. The fourth-order valence-corrected chi connectivity index (χ4v) is 2.21. The maximum atomic E-state index is 11.9. The molecule has 0 aliphatic carbocycles. The summed E-state index contributed by atoms with van der Waals surface area (Å²) in [6, 6.07) is 11.9. The van der Waals surface area contributed by atoms with E-state index >= 15 is 0 Å². The summed E-state index contributed by atoms with van der Waals surface area (Å²) in [5.74, 6) is 0.990. The van der Waals surface area contributed by atoms with Gasteiger partial charge in [-0.3, -0.25) is 4.79 Å². The van der Waals surface area contributed by atoms with Gasteiger partial charge in [-0.25, -0.2) is 0 Å². The second-order valence-electron chi connectivity index (χ2n) is 4.98. The maximum Gasteiger partial charge on any atom is 0.262 e. The molecule has 0 spiro atoms. The Hall–Kier alpha value is -1.95. The summed E-state index contributed by atoms with van der Waals surface area (Å²) in [5, 5.41) is 3.49. The van der Waals surface area contributed by atoms with E-state index in [2.05, 4.69) is 5.32 Å². The summed E-state index contributed by atoms with van der Waals surface area (Å²) >= 11 is 11.7. The number of carbonyl (C=O) groups is 1. The van der Waals surface area contributed by atoms with E-state index in [0.29, 0.717) is 47.1 Å². The number of hydrogen-bond donors (Lipinski definition) is 1. The van der Waals surface area contributed by atoms with Crippen molar-refractivity contribution in [3.8, 4) is 11.5 Å². The molecule has 134 valence electrons. The standard InChI is InChI=1S/C18H19Cl2NO4/c1-2-23-9-10-24-14-4-6-15(7-5-14)25-12-18(22)21-13-3-8-16(19)17(20)11-13/h3-8,11H,2,9-10,12H2,1H3,(H,21,22). The highest BCUT2D eigenvalue weighted by molar-refractivity contribution is 6.42. The fourth-order valence-electron chi connectivity index (χ4n) is 1.91. The molecule has 2 rings (SSSR count). The molecule has 5 nitrogen and oxygen atoms in total. The van der Waals surface area contributed by atoms with Gasteiger partial charge in [0, 0.05) is 12.3 Å². The van der Waals surface area contributed by atoms with Crippen LogP contribution in [0.1, 0.15) is 6.92 Å². The summed E-state index contributed by atoms with van der Waals surface area (Å²) in [6.45, 7) is 3.51. The van der Waals surface area contributed by atoms with Crippen molar-refractivity contribution in [1.82, 2.24) is 0 Å². The van der Waals surface area contributed by atoms with Crippen molar-refractivity contribution in [2.45, 2.75) is 6.92 Å². The zero-order chi connectivity index (χ0) is 18.1. The predicted octanol–water partition coefficient (Wildman–Crippen LogP) is 4.43. The Kier molecular flexibility index (Phi) is 7.85. The Morgan fingerprint density at radius 3 is 2.28 bits per heavy atom. The zero-order valence-corrected chi connectivity index (χ0v) is 15.3. The molecule has 7 heteroatoms. The van der Waals surface area contributed by atoms with Gasteiger partial charge in [-0.2, -0.15) is 0 Å². The van der Waals surface area contributed by atoms with Crippen LogP contribution in [0.3, 0.4) is 0 Å². The third kappa shape index (κ3) is 6.82. The van der Waals surface area contributed by atoms with Gasteiger partial charge in [-0.05, 0) is 49.4 Å². The molecule has 0 saturated carbocycles. The van der Waals surface area contributed by atoms with E-state index in [-0.39, 0.29) is 12.5 Å². The number of halogens is 2. The van der Waals surface area contributed by atoms with E-state index in [1.165, 1.54) is 0 Å². The second-order valence-corrected chi connectivity index (χ2v) is 5.80. The minimum Gasteiger partial charge on any atom is -0.491 e. The lowest BCUT2D eigenvalue weighted by molar-refractivity contribution is -0.118. The smallest absolute Gasteiger partial charge is 0.262 e. The molecule has 0 atom stereocenters. The highest BCUT2D eigenvalue weighted by atomic mass is 35.5. The van der Waals surface area contributed by atoms with Crippen LogP contribution in [-0.2, 0) is 9.53 Å². The number of nitrogens with one attached hydrogen (secondary N) is 1. The van der Waals surface area contributed by atoms with Crippen LogP contribution >= 0.6 is 23.2 Å². The molecular weight excluding hydrogens is 365 g/mol. The zero-order valence-electron chi connectivity index (χ0n) is 13.8. The Morgan fingerprint density at radius 1 is 0.960 bits per heavy atom. The average Bonchev–Trinajstić information content (AvgIpc) is 2.61. The van der Waals surface area contributed by atoms with E-state index < -0.39 is 0 Å². The summed E-state index contributed by atoms with van der Waals surface area (Å²) < 4.78 is 16.1. The molecule has 0 unspecified atom stereocenters. The monoisotopic (exact) mass is 383 g/mol. The van der Waals surface area contributed by atoms with Gasteiger partial charge >= 0.3 is 0 Å². The Balaban J connectivity index is 1.76. The van der Waals surface area contributed by atoms with Crippen molar-refractivity contribution in [3.05, 3.63) is 52.5 Å². The topological polar surface area (TPSA) is 56.8 Å². The second kappa shape index (κ2) is 10.1. The summed E-state index contributed by atoms with van der Waals surface area (Å²) in [6.07, 6.45) is 0. The van der Waals surface area contributed by atoms with E-state index in [4.69, 9.17) is 37.4 Å². The minimum atomic E-state index is -0.296. The van der Waals surface area contributed by atoms with Crippen molar-refractivity contribution in [3.63, 3.8) is 0 Å². The first-order valence-electron chi connectivity index (χ1n) is 7.77. The first-order valence-corrected chi connectivity index (χ1v) is 8.52. The lowest BCUT2D eigenvalue weighted by Gasteiger charge is -2.09. The van der Waals surface area contributed by atoms with Gasteiger partial charge in [0.2, 0.25) is 0 Å². The molecule has 2 aromatic rings. The van der Waals surface area contributed by atoms with Crippen molar-refractivity contribution in [2.75, 3.05) is 31.7 Å². The SMILES string of the molecule is CCOCCOc1ccc(OCC(=O)Nc2ccc(Cl)c(Cl)c2)cc1. The van der Waals surface area contributed by atoms with Gasteiger partial charge in [0.1, 0.15) is 18.1 Å². The van der Waals surface area contributed by atoms with Crippen LogP contribution in [0, 0.1) is 0 Å². The molecule has 0 radical (unpaired) electrons. The quantitative estimate of drug-likeness (QED) is 0.650. The molecule has 0 aromatic heterocycles. The van der Waals surface area contributed by atoms with Gasteiger partial charge in [-0.1, -0.05) is 23.2 Å². The van der Waals surface area contributed by atoms with Gasteiger partial charge in [0.05, 0.1) is 16.7 Å². The van der Waals surface area contributed by atoms with Crippen molar-refractivity contribution < 1.29 is 19.0 Å². The highest BCUT2D eigenvalue weighted by Crippen LogP contribution is 2.25. The first-order chi connectivity index (χ1) is 12.1. The van der Waals surface area contributed by atoms with Crippen LogP contribution in [0.2, 0.25) is 10.0 Å². The Morgan fingerprint density at radius 2 is 1.64 bits per heavy atom. The molecule has 0 aliphatic heterocycles. The summed E-state index contributed by atoms with van der Waals surface area (Å²) in [7, 11) is 0. The van der Waals surface area contributed by atoms with Crippen LogP contribution in [0.15, 0.2) is 42.5 Å². The Bertz CT molecular complexity index is 692. The van der Waals surface area contributed by atoms with Crippen LogP contribution < -0.4 is 14.8 Å². The predicted molar refractivity (Wildman–Crippen MR) is 99.0 cm³/mol. The van der Waals surface area contributed by atoms with Gasteiger partial charge in [-0.15, -0.1) is 0 Å². The Labute approximate surface area is 156 Å². The maximum absolute atomic E-state index is 11.9. The molecule has 0 bridgehead atoms.